The van der Waals surface area contributed by atoms with Gasteiger partial charge in [-0.1, -0.05) is 37.9 Å². The van der Waals surface area contributed by atoms with E-state index in [9.17, 15) is 0 Å². The minimum absolute atomic E-state index is 0.752. The summed E-state index contributed by atoms with van der Waals surface area (Å²) in [7, 11) is 0. The molecule has 32 heavy (non-hydrogen) atoms. The van der Waals surface area contributed by atoms with E-state index in [2.05, 4.69) is 68.2 Å². The third-order valence-corrected chi connectivity index (χ3v) is 6.70. The summed E-state index contributed by atoms with van der Waals surface area (Å²) in [6.45, 7) is 3.26. The van der Waals surface area contributed by atoms with Crippen molar-refractivity contribution in [1.82, 2.24) is 19.9 Å². The van der Waals surface area contributed by atoms with E-state index in [-0.39, 0.29) is 0 Å². The van der Waals surface area contributed by atoms with Crippen molar-refractivity contribution >= 4 is 23.1 Å². The van der Waals surface area contributed by atoms with Crippen molar-refractivity contribution in [2.45, 2.75) is 42.4 Å². The van der Waals surface area contributed by atoms with Gasteiger partial charge < -0.3 is 4.90 Å². The van der Waals surface area contributed by atoms with Gasteiger partial charge in [-0.2, -0.15) is 0 Å². The fraction of sp³-hybridized carbons (Fsp3) is 0.231. The van der Waals surface area contributed by atoms with Crippen molar-refractivity contribution in [2.24, 2.45) is 0 Å². The van der Waals surface area contributed by atoms with Gasteiger partial charge in [-0.15, -0.1) is 0 Å². The Kier molecular flexibility index (Phi) is 6.12. The van der Waals surface area contributed by atoms with E-state index in [4.69, 9.17) is 0 Å². The van der Waals surface area contributed by atoms with Crippen molar-refractivity contribution in [3.05, 3.63) is 73.3 Å². The summed E-state index contributed by atoms with van der Waals surface area (Å²) in [5, 5.41) is 0. The van der Waals surface area contributed by atoms with Crippen LogP contribution in [0.15, 0.2) is 83.1 Å². The maximum atomic E-state index is 4.43. The Hall–Kier alpha value is -3.25. The first-order valence-electron chi connectivity index (χ1n) is 11.1. The molecule has 0 saturated heterocycles. The minimum Gasteiger partial charge on any atom is -0.340 e. The summed E-state index contributed by atoms with van der Waals surface area (Å²) >= 11 is 1.79. The van der Waals surface area contributed by atoms with Gasteiger partial charge in [0.2, 0.25) is 0 Å². The second-order valence-electron chi connectivity index (χ2n) is 7.82. The minimum atomic E-state index is 0.752. The molecule has 0 saturated carbocycles. The molecule has 0 N–H and O–H groups in total. The summed E-state index contributed by atoms with van der Waals surface area (Å²) in [4.78, 5) is 22.7. The van der Waals surface area contributed by atoms with Crippen LogP contribution in [0.5, 0.6) is 0 Å². The number of nitrogens with zero attached hydrogens (tertiary/aromatic N) is 5. The molecule has 1 aliphatic heterocycles. The van der Waals surface area contributed by atoms with Crippen molar-refractivity contribution in [3.63, 3.8) is 0 Å². The lowest BCUT2D eigenvalue weighted by Crippen LogP contribution is -2.22. The molecule has 0 spiro atoms. The van der Waals surface area contributed by atoms with Crippen LogP contribution in [-0.2, 0) is 0 Å². The Morgan fingerprint density at radius 2 is 1.22 bits per heavy atom. The molecule has 0 amide bonds. The Morgan fingerprint density at radius 3 is 1.72 bits per heavy atom. The number of rotatable bonds is 7. The standard InChI is InChI=1S/C26H25N5S/c1-2-3-4-5-16-31-21-10-8-19(25-27-12-6-13-28-25)17-23(21)32-24-18-20(9-11-22(24)31)26-29-14-7-15-30-26/h6-15,17-18H,2-5,16H2,1H3. The number of hydrogen-bond donors (Lipinski definition) is 0. The van der Waals surface area contributed by atoms with Gasteiger partial charge in [-0.3, -0.25) is 0 Å². The average Bonchev–Trinajstić information content (AvgIpc) is 2.86. The zero-order chi connectivity index (χ0) is 21.8. The lowest BCUT2D eigenvalue weighted by atomic mass is 10.1. The highest BCUT2D eigenvalue weighted by atomic mass is 32.2. The smallest absolute Gasteiger partial charge is 0.159 e. The molecule has 1 aliphatic rings. The quantitative estimate of drug-likeness (QED) is 0.296. The molecule has 2 aromatic heterocycles. The van der Waals surface area contributed by atoms with Crippen LogP contribution in [0.1, 0.15) is 32.6 Å². The molecule has 0 bridgehead atoms. The molecule has 4 aromatic rings. The lowest BCUT2D eigenvalue weighted by molar-refractivity contribution is 0.666. The fourth-order valence-electron chi connectivity index (χ4n) is 4.00. The Morgan fingerprint density at radius 1 is 0.688 bits per heavy atom. The number of benzene rings is 2. The summed E-state index contributed by atoms with van der Waals surface area (Å²) < 4.78 is 0. The predicted molar refractivity (Wildman–Crippen MR) is 130 cm³/mol. The maximum absolute atomic E-state index is 4.43. The van der Waals surface area contributed by atoms with Gasteiger partial charge in [0, 0.05) is 52.3 Å². The van der Waals surface area contributed by atoms with Crippen molar-refractivity contribution < 1.29 is 0 Å². The van der Waals surface area contributed by atoms with Crippen LogP contribution >= 0.6 is 11.8 Å². The predicted octanol–water partition coefficient (Wildman–Crippen LogP) is 6.78. The number of anilines is 2. The van der Waals surface area contributed by atoms with E-state index >= 15 is 0 Å². The molecule has 0 aliphatic carbocycles. The van der Waals surface area contributed by atoms with E-state index in [1.807, 2.05) is 12.1 Å². The summed E-state index contributed by atoms with van der Waals surface area (Å²) in [6, 6.07) is 16.8. The summed E-state index contributed by atoms with van der Waals surface area (Å²) in [5.74, 6) is 1.50. The second kappa shape index (κ2) is 9.49. The molecule has 0 fully saturated rings. The maximum Gasteiger partial charge on any atom is 0.159 e. The van der Waals surface area contributed by atoms with Gasteiger partial charge in [0.15, 0.2) is 11.6 Å². The molecule has 0 radical (unpaired) electrons. The van der Waals surface area contributed by atoms with Crippen molar-refractivity contribution in [3.8, 4) is 22.8 Å². The monoisotopic (exact) mass is 439 g/mol. The summed E-state index contributed by atoms with van der Waals surface area (Å²) in [6.07, 6.45) is 12.1. The Balaban J connectivity index is 1.53. The normalized spacial score (nSPS) is 12.3. The van der Waals surface area contributed by atoms with Gasteiger partial charge >= 0.3 is 0 Å². The lowest BCUT2D eigenvalue weighted by Gasteiger charge is -2.33. The third kappa shape index (κ3) is 4.23. The Labute approximate surface area is 193 Å². The molecule has 6 heteroatoms. The molecule has 5 nitrogen and oxygen atoms in total. The number of hydrogen-bond acceptors (Lipinski definition) is 6. The van der Waals surface area contributed by atoms with Crippen LogP contribution in [0, 0.1) is 0 Å². The first-order chi connectivity index (χ1) is 15.8. The highest BCUT2D eigenvalue weighted by Gasteiger charge is 2.24. The number of unbranched alkanes of at least 4 members (excludes halogenated alkanes) is 3. The van der Waals surface area contributed by atoms with E-state index in [0.717, 1.165) is 29.3 Å². The zero-order valence-electron chi connectivity index (χ0n) is 18.1. The fourth-order valence-corrected chi connectivity index (χ4v) is 5.17. The third-order valence-electron chi connectivity index (χ3n) is 5.60. The van der Waals surface area contributed by atoms with E-state index in [1.165, 1.54) is 46.8 Å². The first-order valence-corrected chi connectivity index (χ1v) is 11.9. The largest absolute Gasteiger partial charge is 0.340 e. The second-order valence-corrected chi connectivity index (χ2v) is 8.91. The van der Waals surface area contributed by atoms with Crippen molar-refractivity contribution in [1.29, 1.82) is 0 Å². The average molecular weight is 440 g/mol. The molecule has 5 rings (SSSR count). The molecule has 160 valence electrons. The number of aromatic nitrogens is 4. The highest BCUT2D eigenvalue weighted by Crippen LogP contribution is 2.50. The van der Waals surface area contributed by atoms with E-state index in [0.29, 0.717) is 0 Å². The molecular weight excluding hydrogens is 414 g/mol. The van der Waals surface area contributed by atoms with Crippen LogP contribution in [0.3, 0.4) is 0 Å². The van der Waals surface area contributed by atoms with Crippen LogP contribution in [0.4, 0.5) is 11.4 Å². The van der Waals surface area contributed by atoms with Gasteiger partial charge in [0.1, 0.15) is 0 Å². The highest BCUT2D eigenvalue weighted by molar-refractivity contribution is 7.99. The van der Waals surface area contributed by atoms with Crippen molar-refractivity contribution in [2.75, 3.05) is 11.4 Å². The van der Waals surface area contributed by atoms with Gasteiger partial charge in [0.05, 0.1) is 11.4 Å². The van der Waals surface area contributed by atoms with E-state index < -0.39 is 0 Å². The molecular formula is C26H25N5S. The topological polar surface area (TPSA) is 54.8 Å². The van der Waals surface area contributed by atoms with Crippen LogP contribution in [0.2, 0.25) is 0 Å². The van der Waals surface area contributed by atoms with Gasteiger partial charge in [-0.05, 0) is 55.0 Å². The first kappa shape index (κ1) is 20.6. The number of fused-ring (bicyclic) bond motifs is 2. The Bertz CT molecular complexity index is 1110. The molecule has 3 heterocycles. The van der Waals surface area contributed by atoms with Crippen LogP contribution in [-0.4, -0.2) is 26.5 Å². The molecule has 0 unspecified atom stereocenters. The van der Waals surface area contributed by atoms with Crippen LogP contribution in [0.25, 0.3) is 22.8 Å². The molecule has 2 aromatic carbocycles. The molecule has 0 atom stereocenters. The van der Waals surface area contributed by atoms with Crippen LogP contribution < -0.4 is 4.90 Å². The zero-order valence-corrected chi connectivity index (χ0v) is 18.9. The summed E-state index contributed by atoms with van der Waals surface area (Å²) in [5.41, 5.74) is 4.58. The SMILES string of the molecule is CCCCCCN1c2ccc(-c3ncccn3)cc2Sc2cc(-c3ncccn3)ccc21. The van der Waals surface area contributed by atoms with Gasteiger partial charge in [-0.25, -0.2) is 19.9 Å². The van der Waals surface area contributed by atoms with Gasteiger partial charge in [0.25, 0.3) is 0 Å². The van der Waals surface area contributed by atoms with E-state index in [1.54, 1.807) is 36.5 Å².